The van der Waals surface area contributed by atoms with Gasteiger partial charge in [-0.15, -0.1) is 9.45 Å². The number of aliphatic hydroxyl groups is 2. The highest BCUT2D eigenvalue weighted by Crippen LogP contribution is 1.79. The molecule has 8 heavy (non-hydrogen) atoms. The topological polar surface area (TPSA) is 40.5 Å². The quantitative estimate of drug-likeness (QED) is 0.548. The highest BCUT2D eigenvalue weighted by molar-refractivity contribution is 8.28. The van der Waals surface area contributed by atoms with Crippen molar-refractivity contribution in [3.05, 3.63) is 0 Å². The van der Waals surface area contributed by atoms with E-state index in [4.69, 9.17) is 21.4 Å². The molecule has 0 unspecified atom stereocenters. The summed E-state index contributed by atoms with van der Waals surface area (Å²) in [6, 6.07) is 0. The van der Waals surface area contributed by atoms with Crippen LogP contribution in [0.4, 0.5) is 0 Å². The molecule has 0 atom stereocenters. The van der Waals surface area contributed by atoms with Gasteiger partial charge in [0.1, 0.15) is 0 Å². The monoisotopic (exact) mass is 154 g/mol. The molecular formula is C4H10O2S2. The molecule has 0 radical (unpaired) electrons. The van der Waals surface area contributed by atoms with E-state index in [2.05, 4.69) is 0 Å². The van der Waals surface area contributed by atoms with Crippen molar-refractivity contribution in [3.63, 3.8) is 0 Å². The highest BCUT2D eigenvalue weighted by Gasteiger charge is 1.89. The second-order valence-electron chi connectivity index (χ2n) is 1.30. The van der Waals surface area contributed by atoms with Crippen LogP contribution >= 0.6 is 0 Å². The molecule has 0 aliphatic rings. The molecule has 0 aromatic carbocycles. The second-order valence-corrected chi connectivity index (χ2v) is 4.41. The minimum atomic E-state index is -0.187. The summed E-state index contributed by atoms with van der Waals surface area (Å²) in [5.74, 6) is 1.30. The SMILES string of the molecule is OCCS(=S)CCO. The molecule has 0 amide bonds. The highest BCUT2D eigenvalue weighted by atomic mass is 32.8. The van der Waals surface area contributed by atoms with Gasteiger partial charge in [0.2, 0.25) is 0 Å². The van der Waals surface area contributed by atoms with Crippen LogP contribution in [0.2, 0.25) is 0 Å². The molecule has 0 spiro atoms. The zero-order valence-corrected chi connectivity index (χ0v) is 6.17. The average Bonchev–Trinajstić information content (AvgIpc) is 1.68. The van der Waals surface area contributed by atoms with Crippen molar-refractivity contribution in [2.75, 3.05) is 24.7 Å². The first-order valence-corrected chi connectivity index (χ1v) is 4.86. The number of aliphatic hydroxyl groups excluding tert-OH is 2. The zero-order valence-electron chi connectivity index (χ0n) is 4.54. The van der Waals surface area contributed by atoms with E-state index in [1.165, 1.54) is 0 Å². The molecule has 2 N–H and O–H groups in total. The van der Waals surface area contributed by atoms with Crippen LogP contribution < -0.4 is 0 Å². The fourth-order valence-corrected chi connectivity index (χ4v) is 1.36. The largest absolute Gasteiger partial charge is 0.396 e. The third-order valence-electron chi connectivity index (χ3n) is 0.638. The van der Waals surface area contributed by atoms with E-state index in [1.807, 2.05) is 0 Å². The fourth-order valence-electron chi connectivity index (χ4n) is 0.306. The van der Waals surface area contributed by atoms with Gasteiger partial charge in [-0.1, -0.05) is 11.2 Å². The van der Waals surface area contributed by atoms with Crippen LogP contribution in [-0.2, 0) is 20.6 Å². The smallest absolute Gasteiger partial charge is 0.0524 e. The average molecular weight is 154 g/mol. The van der Waals surface area contributed by atoms with Gasteiger partial charge in [0.25, 0.3) is 0 Å². The Morgan fingerprint density at radius 1 is 1.12 bits per heavy atom. The van der Waals surface area contributed by atoms with E-state index in [0.717, 1.165) is 0 Å². The van der Waals surface area contributed by atoms with E-state index in [1.54, 1.807) is 0 Å². The van der Waals surface area contributed by atoms with Gasteiger partial charge >= 0.3 is 0 Å². The predicted octanol–water partition coefficient (Wildman–Crippen LogP) is -0.949. The lowest BCUT2D eigenvalue weighted by molar-refractivity contribution is 0.317. The Morgan fingerprint density at radius 3 is 1.75 bits per heavy atom. The van der Waals surface area contributed by atoms with Gasteiger partial charge in [-0.25, -0.2) is 0 Å². The first-order chi connectivity index (χ1) is 3.81. The molecule has 50 valence electrons. The predicted molar refractivity (Wildman–Crippen MR) is 38.6 cm³/mol. The normalized spacial score (nSPS) is 10.4. The molecule has 0 aliphatic carbocycles. The maximum Gasteiger partial charge on any atom is 0.0524 e. The van der Waals surface area contributed by atoms with E-state index in [-0.39, 0.29) is 22.7 Å². The lowest BCUT2D eigenvalue weighted by Crippen LogP contribution is -2.07. The van der Waals surface area contributed by atoms with E-state index in [9.17, 15) is 0 Å². The van der Waals surface area contributed by atoms with Crippen molar-refractivity contribution in [1.82, 2.24) is 0 Å². The van der Waals surface area contributed by atoms with Crippen molar-refractivity contribution in [2.45, 2.75) is 0 Å². The van der Waals surface area contributed by atoms with Crippen LogP contribution in [-0.4, -0.2) is 34.9 Å². The Balaban J connectivity index is 3.06. The Hall–Kier alpha value is 0.490. The third kappa shape index (κ3) is 4.64. The summed E-state index contributed by atoms with van der Waals surface area (Å²) in [5, 5.41) is 16.6. The lowest BCUT2D eigenvalue weighted by atomic mass is 10.9. The molecule has 0 saturated carbocycles. The van der Waals surface area contributed by atoms with Crippen LogP contribution in [0.1, 0.15) is 0 Å². The maximum absolute atomic E-state index is 8.32. The van der Waals surface area contributed by atoms with Gasteiger partial charge in [-0.3, -0.25) is 0 Å². The molecular weight excluding hydrogens is 144 g/mol. The molecule has 2 nitrogen and oxygen atoms in total. The van der Waals surface area contributed by atoms with Crippen molar-refractivity contribution in [2.24, 2.45) is 0 Å². The standard InChI is InChI=1S/C4H10O2S2/c5-1-3-8(7)4-2-6/h5-6H,1-4H2. The summed E-state index contributed by atoms with van der Waals surface area (Å²) in [6.45, 7) is 0.291. The first-order valence-electron chi connectivity index (χ1n) is 2.38. The molecule has 0 aromatic rings. The van der Waals surface area contributed by atoms with Gasteiger partial charge < -0.3 is 10.2 Å². The summed E-state index contributed by atoms with van der Waals surface area (Å²) in [6.07, 6.45) is 0. The lowest BCUT2D eigenvalue weighted by Gasteiger charge is -1.96. The molecule has 0 aromatic heterocycles. The number of hydrogen-bond acceptors (Lipinski definition) is 3. The summed E-state index contributed by atoms with van der Waals surface area (Å²) < 4.78 is 0. The molecule has 0 heterocycles. The minimum absolute atomic E-state index is 0.145. The Kier molecular flexibility index (Phi) is 5.97. The van der Waals surface area contributed by atoms with Gasteiger partial charge in [0.15, 0.2) is 0 Å². The number of hydrogen-bond donors (Lipinski definition) is 2. The van der Waals surface area contributed by atoms with Gasteiger partial charge in [-0.05, 0) is 0 Å². The van der Waals surface area contributed by atoms with E-state index in [0.29, 0.717) is 11.5 Å². The molecule has 4 heteroatoms. The molecule has 0 fully saturated rings. The van der Waals surface area contributed by atoms with Crippen molar-refractivity contribution < 1.29 is 10.2 Å². The summed E-state index contributed by atoms with van der Waals surface area (Å²) >= 11 is 4.84. The van der Waals surface area contributed by atoms with Crippen LogP contribution in [0.5, 0.6) is 0 Å². The van der Waals surface area contributed by atoms with Crippen LogP contribution in [0.15, 0.2) is 0 Å². The van der Waals surface area contributed by atoms with Gasteiger partial charge in [-0.2, -0.15) is 0 Å². The Labute approximate surface area is 56.1 Å². The molecule has 0 bridgehead atoms. The summed E-state index contributed by atoms with van der Waals surface area (Å²) in [5.41, 5.74) is 0. The molecule has 0 rings (SSSR count). The second kappa shape index (κ2) is 5.62. The fraction of sp³-hybridized carbons (Fsp3) is 1.00. The first kappa shape index (κ1) is 8.49. The summed E-state index contributed by atoms with van der Waals surface area (Å²) in [7, 11) is -0.187. The van der Waals surface area contributed by atoms with E-state index >= 15 is 0 Å². The van der Waals surface area contributed by atoms with Gasteiger partial charge in [0.05, 0.1) is 13.2 Å². The third-order valence-corrected chi connectivity index (χ3v) is 2.91. The Bertz CT molecular complexity index is 66.4. The molecule has 0 saturated heterocycles. The number of rotatable bonds is 4. The maximum atomic E-state index is 8.32. The Morgan fingerprint density at radius 2 is 1.50 bits per heavy atom. The zero-order chi connectivity index (χ0) is 6.41. The van der Waals surface area contributed by atoms with Crippen molar-refractivity contribution in [1.29, 1.82) is 0 Å². The molecule has 0 aliphatic heterocycles. The van der Waals surface area contributed by atoms with Crippen molar-refractivity contribution >= 4 is 20.6 Å². The van der Waals surface area contributed by atoms with Crippen LogP contribution in [0, 0.1) is 0 Å². The van der Waals surface area contributed by atoms with Crippen LogP contribution in [0.25, 0.3) is 0 Å². The van der Waals surface area contributed by atoms with Gasteiger partial charge in [0, 0.05) is 11.5 Å². The van der Waals surface area contributed by atoms with Crippen LogP contribution in [0.3, 0.4) is 0 Å². The van der Waals surface area contributed by atoms with E-state index < -0.39 is 0 Å². The van der Waals surface area contributed by atoms with Crippen molar-refractivity contribution in [3.8, 4) is 0 Å². The minimum Gasteiger partial charge on any atom is -0.396 e. The summed E-state index contributed by atoms with van der Waals surface area (Å²) in [4.78, 5) is 0.